The molecule has 16 heavy (non-hydrogen) atoms. The second kappa shape index (κ2) is 4.73. The first-order valence-corrected chi connectivity index (χ1v) is 6.06. The highest BCUT2D eigenvalue weighted by atomic mass is 16.4. The maximum atomic E-state index is 11.1. The molecule has 0 saturated carbocycles. The van der Waals surface area contributed by atoms with E-state index in [-0.39, 0.29) is 5.78 Å². The van der Waals surface area contributed by atoms with Crippen molar-refractivity contribution in [3.63, 3.8) is 0 Å². The average Bonchev–Trinajstić information content (AvgIpc) is 2.78. The van der Waals surface area contributed by atoms with Crippen LogP contribution in [0.25, 0.3) is 0 Å². The Bertz CT molecular complexity index is 370. The van der Waals surface area contributed by atoms with Gasteiger partial charge in [-0.05, 0) is 24.8 Å². The van der Waals surface area contributed by atoms with Crippen molar-refractivity contribution >= 4 is 11.7 Å². The number of ketones is 1. The van der Waals surface area contributed by atoms with E-state index in [1.165, 1.54) is 26.2 Å². The van der Waals surface area contributed by atoms with Crippen LogP contribution in [0, 0.1) is 5.92 Å². The highest BCUT2D eigenvalue weighted by molar-refractivity contribution is 5.91. The van der Waals surface area contributed by atoms with Crippen molar-refractivity contribution in [3.05, 3.63) is 17.9 Å². The lowest BCUT2D eigenvalue weighted by Crippen LogP contribution is -2.34. The summed E-state index contributed by atoms with van der Waals surface area (Å²) in [6, 6.07) is 3.68. The number of Topliss-reactive ketones (excluding diaryl/α,β-unsaturated/α-hetero) is 1. The van der Waals surface area contributed by atoms with Gasteiger partial charge >= 0.3 is 0 Å². The standard InChI is InChI=1S/C13H19NO2/c1-3-11-5-4-8-14(9-11)13-7-6-12(16-13)10(2)15/h6-7,11H,3-5,8-9H2,1-2H3. The van der Waals surface area contributed by atoms with Gasteiger partial charge in [0.05, 0.1) is 0 Å². The third-order valence-corrected chi connectivity index (χ3v) is 3.35. The van der Waals surface area contributed by atoms with Crippen LogP contribution in [0.2, 0.25) is 0 Å². The second-order valence-electron chi connectivity index (χ2n) is 4.56. The van der Waals surface area contributed by atoms with Crippen molar-refractivity contribution in [1.29, 1.82) is 0 Å². The molecule has 0 aliphatic carbocycles. The number of rotatable bonds is 3. The Morgan fingerprint density at radius 1 is 1.56 bits per heavy atom. The first-order chi connectivity index (χ1) is 7.70. The van der Waals surface area contributed by atoms with Crippen molar-refractivity contribution in [2.24, 2.45) is 5.92 Å². The van der Waals surface area contributed by atoms with E-state index >= 15 is 0 Å². The zero-order chi connectivity index (χ0) is 11.5. The lowest BCUT2D eigenvalue weighted by molar-refractivity contribution is 0.0987. The van der Waals surface area contributed by atoms with Gasteiger partial charge in [0.1, 0.15) is 0 Å². The van der Waals surface area contributed by atoms with Gasteiger partial charge in [-0.2, -0.15) is 0 Å². The van der Waals surface area contributed by atoms with E-state index in [9.17, 15) is 4.79 Å². The molecule has 1 unspecified atom stereocenters. The van der Waals surface area contributed by atoms with E-state index in [0.29, 0.717) is 5.76 Å². The molecule has 1 aromatic rings. The van der Waals surface area contributed by atoms with Crippen LogP contribution in [0.4, 0.5) is 5.88 Å². The van der Waals surface area contributed by atoms with Crippen LogP contribution in [0.3, 0.4) is 0 Å². The summed E-state index contributed by atoms with van der Waals surface area (Å²) in [6.45, 7) is 5.87. The molecule has 1 aliphatic heterocycles. The number of hydrogen-bond acceptors (Lipinski definition) is 3. The average molecular weight is 221 g/mol. The Kier molecular flexibility index (Phi) is 3.32. The van der Waals surface area contributed by atoms with Crippen molar-refractivity contribution in [1.82, 2.24) is 0 Å². The lowest BCUT2D eigenvalue weighted by atomic mass is 9.96. The van der Waals surface area contributed by atoms with E-state index in [1.54, 1.807) is 6.07 Å². The fourth-order valence-corrected chi connectivity index (χ4v) is 2.29. The Morgan fingerprint density at radius 2 is 2.38 bits per heavy atom. The van der Waals surface area contributed by atoms with Crippen molar-refractivity contribution < 1.29 is 9.21 Å². The molecule has 0 spiro atoms. The molecule has 0 amide bonds. The van der Waals surface area contributed by atoms with Gasteiger partial charge in [0, 0.05) is 26.1 Å². The molecule has 1 aromatic heterocycles. The number of anilines is 1. The minimum Gasteiger partial charge on any atom is -0.437 e. The predicted molar refractivity (Wildman–Crippen MR) is 63.9 cm³/mol. The summed E-state index contributed by atoms with van der Waals surface area (Å²) in [4.78, 5) is 13.4. The lowest BCUT2D eigenvalue weighted by Gasteiger charge is -2.31. The fraction of sp³-hybridized carbons (Fsp3) is 0.615. The van der Waals surface area contributed by atoms with Gasteiger partial charge in [0.25, 0.3) is 0 Å². The van der Waals surface area contributed by atoms with E-state index in [4.69, 9.17) is 4.42 Å². The van der Waals surface area contributed by atoms with Gasteiger partial charge < -0.3 is 9.32 Å². The number of carbonyl (C=O) groups excluding carboxylic acids is 1. The topological polar surface area (TPSA) is 33.5 Å². The molecule has 3 nitrogen and oxygen atoms in total. The molecule has 0 aromatic carbocycles. The Hall–Kier alpha value is -1.25. The van der Waals surface area contributed by atoms with Gasteiger partial charge in [0.2, 0.25) is 0 Å². The number of nitrogens with zero attached hydrogens (tertiary/aromatic N) is 1. The summed E-state index contributed by atoms with van der Waals surface area (Å²) in [5.74, 6) is 2.08. The van der Waals surface area contributed by atoms with Crippen LogP contribution in [-0.4, -0.2) is 18.9 Å². The fourth-order valence-electron chi connectivity index (χ4n) is 2.29. The highest BCUT2D eigenvalue weighted by Gasteiger charge is 2.21. The molecule has 0 radical (unpaired) electrons. The number of hydrogen-bond donors (Lipinski definition) is 0. The molecular formula is C13H19NO2. The molecule has 1 atom stereocenters. The van der Waals surface area contributed by atoms with E-state index in [1.807, 2.05) is 6.07 Å². The normalized spacial score (nSPS) is 21.1. The van der Waals surface area contributed by atoms with Crippen LogP contribution in [0.1, 0.15) is 43.7 Å². The molecule has 2 rings (SSSR count). The Morgan fingerprint density at radius 3 is 3.00 bits per heavy atom. The number of carbonyl (C=O) groups is 1. The summed E-state index contributed by atoms with van der Waals surface area (Å²) >= 11 is 0. The highest BCUT2D eigenvalue weighted by Crippen LogP contribution is 2.26. The van der Waals surface area contributed by atoms with Crippen molar-refractivity contribution in [2.75, 3.05) is 18.0 Å². The van der Waals surface area contributed by atoms with Gasteiger partial charge in [-0.1, -0.05) is 13.3 Å². The summed E-state index contributed by atoms with van der Waals surface area (Å²) in [6.07, 6.45) is 3.75. The second-order valence-corrected chi connectivity index (χ2v) is 4.56. The largest absolute Gasteiger partial charge is 0.437 e. The molecule has 2 heterocycles. The Balaban J connectivity index is 2.08. The first-order valence-electron chi connectivity index (χ1n) is 6.06. The number of piperidine rings is 1. The summed E-state index contributed by atoms with van der Waals surface area (Å²) in [5.41, 5.74) is 0. The summed E-state index contributed by atoms with van der Waals surface area (Å²) in [5, 5.41) is 0. The first kappa shape index (κ1) is 11.2. The molecule has 88 valence electrons. The summed E-state index contributed by atoms with van der Waals surface area (Å²) in [7, 11) is 0. The maximum Gasteiger partial charge on any atom is 0.196 e. The molecule has 0 N–H and O–H groups in total. The zero-order valence-electron chi connectivity index (χ0n) is 10.0. The van der Waals surface area contributed by atoms with E-state index in [0.717, 1.165) is 24.9 Å². The predicted octanol–water partition coefficient (Wildman–Crippen LogP) is 3.11. The number of furan rings is 1. The minimum absolute atomic E-state index is 0.00435. The van der Waals surface area contributed by atoms with Crippen LogP contribution in [0.5, 0.6) is 0 Å². The van der Waals surface area contributed by atoms with E-state index in [2.05, 4.69) is 11.8 Å². The third-order valence-electron chi connectivity index (χ3n) is 3.35. The SMILES string of the molecule is CCC1CCCN(c2ccc(C(C)=O)o2)C1. The monoisotopic (exact) mass is 221 g/mol. The third kappa shape index (κ3) is 2.29. The van der Waals surface area contributed by atoms with Gasteiger partial charge in [-0.3, -0.25) is 4.79 Å². The van der Waals surface area contributed by atoms with Crippen LogP contribution in [-0.2, 0) is 0 Å². The van der Waals surface area contributed by atoms with E-state index < -0.39 is 0 Å². The van der Waals surface area contributed by atoms with Crippen LogP contribution < -0.4 is 4.90 Å². The Labute approximate surface area is 96.4 Å². The van der Waals surface area contributed by atoms with Gasteiger partial charge in [-0.25, -0.2) is 0 Å². The van der Waals surface area contributed by atoms with Crippen molar-refractivity contribution in [3.8, 4) is 0 Å². The van der Waals surface area contributed by atoms with Crippen molar-refractivity contribution in [2.45, 2.75) is 33.1 Å². The molecule has 1 saturated heterocycles. The molecule has 0 bridgehead atoms. The quantitative estimate of drug-likeness (QED) is 0.735. The van der Waals surface area contributed by atoms with Crippen LogP contribution in [0.15, 0.2) is 16.5 Å². The van der Waals surface area contributed by atoms with Crippen LogP contribution >= 0.6 is 0 Å². The minimum atomic E-state index is -0.00435. The summed E-state index contributed by atoms with van der Waals surface area (Å²) < 4.78 is 5.55. The molecule has 1 fully saturated rings. The molecular weight excluding hydrogens is 202 g/mol. The van der Waals surface area contributed by atoms with Gasteiger partial charge in [-0.15, -0.1) is 0 Å². The maximum absolute atomic E-state index is 11.1. The smallest absolute Gasteiger partial charge is 0.196 e. The molecule has 1 aliphatic rings. The zero-order valence-corrected chi connectivity index (χ0v) is 10.0. The van der Waals surface area contributed by atoms with Gasteiger partial charge in [0.15, 0.2) is 17.4 Å². The molecule has 3 heteroatoms.